The number of thiophene rings is 1. The molecule has 0 spiro atoms. The first-order valence-electron chi connectivity index (χ1n) is 8.27. The van der Waals surface area contributed by atoms with E-state index in [2.05, 4.69) is 15.3 Å². The summed E-state index contributed by atoms with van der Waals surface area (Å²) in [5.41, 5.74) is 2.31. The summed E-state index contributed by atoms with van der Waals surface area (Å²) in [6.07, 6.45) is 3.16. The summed E-state index contributed by atoms with van der Waals surface area (Å²) in [5.74, 6) is 0.00371. The number of piperidine rings is 1. The summed E-state index contributed by atoms with van der Waals surface area (Å²) in [4.78, 5) is 34.6. The molecule has 1 aliphatic heterocycles. The maximum Gasteiger partial charge on any atom is 0.263 e. The molecule has 128 valence electrons. The van der Waals surface area contributed by atoms with Crippen LogP contribution in [0.15, 0.2) is 42.0 Å². The average molecular weight is 354 g/mol. The Balaban J connectivity index is 1.35. The van der Waals surface area contributed by atoms with Gasteiger partial charge in [0, 0.05) is 24.7 Å². The van der Waals surface area contributed by atoms with Crippen molar-refractivity contribution in [2.24, 2.45) is 0 Å². The van der Waals surface area contributed by atoms with Crippen molar-refractivity contribution in [2.75, 3.05) is 13.1 Å². The number of fused-ring (bicyclic) bond motifs is 1. The monoisotopic (exact) mass is 354 g/mol. The molecule has 1 aromatic carbocycles. The van der Waals surface area contributed by atoms with Crippen molar-refractivity contribution in [3.8, 4) is 0 Å². The Bertz CT molecular complexity index is 895. The van der Waals surface area contributed by atoms with Gasteiger partial charge in [-0.3, -0.25) is 9.59 Å². The van der Waals surface area contributed by atoms with Crippen LogP contribution in [-0.2, 0) is 0 Å². The van der Waals surface area contributed by atoms with Gasteiger partial charge < -0.3 is 15.2 Å². The zero-order valence-corrected chi connectivity index (χ0v) is 14.4. The fourth-order valence-corrected chi connectivity index (χ4v) is 3.82. The number of carbonyl (C=O) groups is 2. The summed E-state index contributed by atoms with van der Waals surface area (Å²) >= 11 is 1.47. The highest BCUT2D eigenvalue weighted by atomic mass is 32.1. The lowest BCUT2D eigenvalue weighted by atomic mass is 10.0. The van der Waals surface area contributed by atoms with Gasteiger partial charge in [0.15, 0.2) is 0 Å². The number of aromatic nitrogens is 2. The first-order valence-corrected chi connectivity index (χ1v) is 9.15. The number of amides is 2. The first-order chi connectivity index (χ1) is 12.2. The Kier molecular flexibility index (Phi) is 4.23. The predicted octanol–water partition coefficient (Wildman–Crippen LogP) is 2.66. The Labute approximate surface area is 148 Å². The number of imidazole rings is 1. The van der Waals surface area contributed by atoms with Crippen molar-refractivity contribution >= 4 is 34.2 Å². The van der Waals surface area contributed by atoms with Crippen LogP contribution in [0.2, 0.25) is 0 Å². The van der Waals surface area contributed by atoms with Crippen LogP contribution in [0.25, 0.3) is 11.0 Å². The van der Waals surface area contributed by atoms with Crippen LogP contribution in [0, 0.1) is 0 Å². The van der Waals surface area contributed by atoms with Gasteiger partial charge in [0.2, 0.25) is 0 Å². The van der Waals surface area contributed by atoms with Gasteiger partial charge in [-0.1, -0.05) is 6.07 Å². The second kappa shape index (κ2) is 6.68. The lowest BCUT2D eigenvalue weighted by Crippen LogP contribution is -2.46. The maximum atomic E-state index is 12.5. The van der Waals surface area contributed by atoms with Crippen molar-refractivity contribution in [1.82, 2.24) is 20.2 Å². The second-order valence-electron chi connectivity index (χ2n) is 6.15. The molecule has 0 saturated carbocycles. The molecule has 3 heterocycles. The van der Waals surface area contributed by atoms with E-state index in [4.69, 9.17) is 0 Å². The largest absolute Gasteiger partial charge is 0.349 e. The molecule has 0 radical (unpaired) electrons. The van der Waals surface area contributed by atoms with E-state index in [0.29, 0.717) is 18.7 Å². The minimum Gasteiger partial charge on any atom is -0.349 e. The highest BCUT2D eigenvalue weighted by Crippen LogP contribution is 2.18. The second-order valence-corrected chi connectivity index (χ2v) is 7.10. The van der Waals surface area contributed by atoms with E-state index in [-0.39, 0.29) is 17.9 Å². The number of nitrogens with zero attached hydrogens (tertiary/aromatic N) is 2. The average Bonchev–Trinajstić information content (AvgIpc) is 3.32. The van der Waals surface area contributed by atoms with Crippen LogP contribution < -0.4 is 5.32 Å². The van der Waals surface area contributed by atoms with Gasteiger partial charge in [-0.15, -0.1) is 11.3 Å². The van der Waals surface area contributed by atoms with Crippen LogP contribution >= 0.6 is 11.3 Å². The number of nitrogens with one attached hydrogen (secondary N) is 2. The van der Waals surface area contributed by atoms with E-state index >= 15 is 0 Å². The van der Waals surface area contributed by atoms with Crippen molar-refractivity contribution in [3.63, 3.8) is 0 Å². The summed E-state index contributed by atoms with van der Waals surface area (Å²) in [7, 11) is 0. The van der Waals surface area contributed by atoms with Gasteiger partial charge in [0.05, 0.1) is 22.2 Å². The number of likely N-dealkylation sites (tertiary alicyclic amines) is 1. The maximum absolute atomic E-state index is 12.5. The van der Waals surface area contributed by atoms with Gasteiger partial charge in [-0.05, 0) is 42.5 Å². The lowest BCUT2D eigenvalue weighted by Gasteiger charge is -2.32. The molecule has 25 heavy (non-hydrogen) atoms. The smallest absolute Gasteiger partial charge is 0.263 e. The molecule has 0 atom stereocenters. The standard InChI is InChI=1S/C18H18N4O2S/c23-17(12-3-4-14-15(10-12)20-11-19-14)21-13-5-7-22(8-6-13)18(24)16-2-1-9-25-16/h1-4,9-11,13H,5-8H2,(H,19,20)(H,21,23). The van der Waals surface area contributed by atoms with Gasteiger partial charge in [0.1, 0.15) is 0 Å². The summed E-state index contributed by atoms with van der Waals surface area (Å²) in [5, 5.41) is 4.99. The van der Waals surface area contributed by atoms with Crippen LogP contribution in [0.1, 0.15) is 32.9 Å². The molecule has 0 aliphatic carbocycles. The van der Waals surface area contributed by atoms with Crippen molar-refractivity contribution in [1.29, 1.82) is 0 Å². The van der Waals surface area contributed by atoms with Gasteiger partial charge in [-0.2, -0.15) is 0 Å². The van der Waals surface area contributed by atoms with Crippen molar-refractivity contribution in [3.05, 3.63) is 52.5 Å². The van der Waals surface area contributed by atoms with E-state index in [1.807, 2.05) is 34.5 Å². The van der Waals surface area contributed by atoms with E-state index in [1.165, 1.54) is 11.3 Å². The van der Waals surface area contributed by atoms with E-state index in [1.54, 1.807) is 12.4 Å². The third-order valence-electron chi connectivity index (χ3n) is 4.53. The lowest BCUT2D eigenvalue weighted by molar-refractivity contribution is 0.0703. The minimum absolute atomic E-state index is 0.0838. The molecule has 0 bridgehead atoms. The van der Waals surface area contributed by atoms with Gasteiger partial charge >= 0.3 is 0 Å². The summed E-state index contributed by atoms with van der Waals surface area (Å²) in [6, 6.07) is 9.27. The molecule has 2 aromatic heterocycles. The molecular weight excluding hydrogens is 336 g/mol. The number of hydrogen-bond donors (Lipinski definition) is 2. The number of carbonyl (C=O) groups excluding carboxylic acids is 2. The molecule has 1 saturated heterocycles. The number of hydrogen-bond acceptors (Lipinski definition) is 4. The molecule has 2 amide bonds. The zero-order valence-electron chi connectivity index (χ0n) is 13.6. The Morgan fingerprint density at radius 2 is 2.08 bits per heavy atom. The van der Waals surface area contributed by atoms with Crippen LogP contribution in [0.3, 0.4) is 0 Å². The Morgan fingerprint density at radius 1 is 1.24 bits per heavy atom. The van der Waals surface area contributed by atoms with Crippen molar-refractivity contribution < 1.29 is 9.59 Å². The quantitative estimate of drug-likeness (QED) is 0.759. The molecule has 4 rings (SSSR count). The molecular formula is C18H18N4O2S. The minimum atomic E-state index is -0.0838. The fourth-order valence-electron chi connectivity index (χ4n) is 3.13. The van der Waals surface area contributed by atoms with Crippen LogP contribution in [-0.4, -0.2) is 45.8 Å². The van der Waals surface area contributed by atoms with Gasteiger partial charge in [-0.25, -0.2) is 4.98 Å². The molecule has 1 aliphatic rings. The topological polar surface area (TPSA) is 78.1 Å². The van der Waals surface area contributed by atoms with E-state index in [9.17, 15) is 9.59 Å². The normalized spacial score (nSPS) is 15.4. The SMILES string of the molecule is O=C(NC1CCN(C(=O)c2cccs2)CC1)c1ccc2nc[nH]c2c1. The predicted molar refractivity (Wildman–Crippen MR) is 96.8 cm³/mol. The number of rotatable bonds is 3. The molecule has 2 N–H and O–H groups in total. The van der Waals surface area contributed by atoms with Crippen LogP contribution in [0.4, 0.5) is 0 Å². The van der Waals surface area contributed by atoms with Crippen molar-refractivity contribution in [2.45, 2.75) is 18.9 Å². The van der Waals surface area contributed by atoms with Gasteiger partial charge in [0.25, 0.3) is 11.8 Å². The zero-order chi connectivity index (χ0) is 17.2. The highest BCUT2D eigenvalue weighted by molar-refractivity contribution is 7.12. The molecule has 0 unspecified atom stereocenters. The molecule has 1 fully saturated rings. The fraction of sp³-hybridized carbons (Fsp3) is 0.278. The number of aromatic amines is 1. The summed E-state index contributed by atoms with van der Waals surface area (Å²) in [6.45, 7) is 1.34. The number of benzene rings is 1. The molecule has 3 aromatic rings. The highest BCUT2D eigenvalue weighted by Gasteiger charge is 2.25. The third-order valence-corrected chi connectivity index (χ3v) is 5.39. The first kappa shape index (κ1) is 15.8. The van der Waals surface area contributed by atoms with E-state index < -0.39 is 0 Å². The van der Waals surface area contributed by atoms with E-state index in [0.717, 1.165) is 28.8 Å². The Hall–Kier alpha value is -2.67. The summed E-state index contributed by atoms with van der Waals surface area (Å²) < 4.78 is 0. The third kappa shape index (κ3) is 3.28. The molecule has 7 heteroatoms. The Morgan fingerprint density at radius 3 is 2.84 bits per heavy atom. The van der Waals surface area contributed by atoms with Crippen LogP contribution in [0.5, 0.6) is 0 Å². The molecule has 6 nitrogen and oxygen atoms in total. The number of H-pyrrole nitrogens is 1.